The van der Waals surface area contributed by atoms with Crippen molar-refractivity contribution in [2.24, 2.45) is 11.0 Å². The molecule has 8 heteroatoms. The summed E-state index contributed by atoms with van der Waals surface area (Å²) in [5.41, 5.74) is 0. The van der Waals surface area contributed by atoms with Crippen LogP contribution in [-0.2, 0) is 4.74 Å². The minimum atomic E-state index is -0.617. The van der Waals surface area contributed by atoms with Crippen LogP contribution in [0.25, 0.3) is 0 Å². The molecule has 2 saturated heterocycles. The van der Waals surface area contributed by atoms with Gasteiger partial charge in [-0.2, -0.15) is 0 Å². The van der Waals surface area contributed by atoms with E-state index in [2.05, 4.69) is 10.0 Å². The highest BCUT2D eigenvalue weighted by molar-refractivity contribution is 8.13. The Morgan fingerprint density at radius 3 is 2.74 bits per heavy atom. The van der Waals surface area contributed by atoms with Crippen molar-refractivity contribution < 1.29 is 9.77 Å². The van der Waals surface area contributed by atoms with Crippen LogP contribution in [0.4, 0.5) is 0 Å². The van der Waals surface area contributed by atoms with Gasteiger partial charge >= 0.3 is 0 Å². The molecule has 0 aromatic carbocycles. The third-order valence-corrected chi connectivity index (χ3v) is 4.24. The van der Waals surface area contributed by atoms with Crippen LogP contribution in [0.5, 0.6) is 0 Å². The number of piperazine rings is 1. The third kappa shape index (κ3) is 4.32. The number of rotatable bonds is 3. The van der Waals surface area contributed by atoms with Crippen molar-refractivity contribution in [3.8, 4) is 0 Å². The summed E-state index contributed by atoms with van der Waals surface area (Å²) in [4.78, 5) is 14.9. The Balaban J connectivity index is 1.79. The van der Waals surface area contributed by atoms with Gasteiger partial charge in [0.1, 0.15) is 0 Å². The largest absolute Gasteiger partial charge is 0.381 e. The summed E-state index contributed by atoms with van der Waals surface area (Å²) in [5, 5.41) is 13.8. The Kier molecular flexibility index (Phi) is 5.41. The highest BCUT2D eigenvalue weighted by Gasteiger charge is 2.24. The van der Waals surface area contributed by atoms with Gasteiger partial charge in [0.2, 0.25) is 5.17 Å². The zero-order valence-corrected chi connectivity index (χ0v) is 12.0. The molecule has 7 nitrogen and oxygen atoms in total. The normalized spacial score (nSPS) is 25.8. The second-order valence-electron chi connectivity index (χ2n) is 4.84. The number of ether oxygens (including phenoxy) is 1. The number of hydrazone groups is 1. The number of hydrogen-bond donors (Lipinski definition) is 0. The smallest absolute Gasteiger partial charge is 0.237 e. The predicted molar refractivity (Wildman–Crippen MR) is 74.9 cm³/mol. The number of nitro groups is 1. The molecule has 2 rings (SSSR count). The summed E-state index contributed by atoms with van der Waals surface area (Å²) < 4.78 is 5.38. The average Bonchev–Trinajstić information content (AvgIpc) is 2.90. The zero-order chi connectivity index (χ0) is 13.7. The molecule has 0 spiro atoms. The second kappa shape index (κ2) is 7.06. The first kappa shape index (κ1) is 14.5. The Morgan fingerprint density at radius 2 is 2.21 bits per heavy atom. The molecule has 1 unspecified atom stereocenters. The summed E-state index contributed by atoms with van der Waals surface area (Å²) in [7, 11) is 0. The molecule has 0 amide bonds. The van der Waals surface area contributed by atoms with Crippen molar-refractivity contribution >= 4 is 16.9 Å². The van der Waals surface area contributed by atoms with Gasteiger partial charge in [0.05, 0.1) is 11.7 Å². The molecule has 0 N–H and O–H groups in total. The molecule has 0 bridgehead atoms. The van der Waals surface area contributed by atoms with Crippen LogP contribution in [0.1, 0.15) is 6.42 Å². The average molecular weight is 288 g/mol. The number of thioether (sulfide) groups is 1. The van der Waals surface area contributed by atoms with Gasteiger partial charge < -0.3 is 9.64 Å². The zero-order valence-electron chi connectivity index (χ0n) is 11.2. The van der Waals surface area contributed by atoms with E-state index >= 15 is 0 Å². The van der Waals surface area contributed by atoms with Crippen LogP contribution >= 0.6 is 11.8 Å². The van der Waals surface area contributed by atoms with Crippen LogP contribution in [-0.4, -0.2) is 72.2 Å². The Labute approximate surface area is 117 Å². The molecule has 0 aromatic heterocycles. The van der Waals surface area contributed by atoms with E-state index in [9.17, 15) is 10.1 Å². The maximum Gasteiger partial charge on any atom is 0.237 e. The van der Waals surface area contributed by atoms with Crippen molar-refractivity contribution in [3.05, 3.63) is 10.1 Å². The quantitative estimate of drug-likeness (QED) is 0.327. The van der Waals surface area contributed by atoms with E-state index in [1.54, 1.807) is 0 Å². The minimum absolute atomic E-state index is 0.508. The van der Waals surface area contributed by atoms with E-state index in [4.69, 9.17) is 4.74 Å². The second-order valence-corrected chi connectivity index (χ2v) is 5.62. The molecule has 2 fully saturated rings. The van der Waals surface area contributed by atoms with E-state index in [0.717, 1.165) is 52.4 Å². The van der Waals surface area contributed by atoms with Gasteiger partial charge in [-0.05, 0) is 18.6 Å². The number of nitrogens with zero attached hydrogens (tertiary/aromatic N) is 4. The van der Waals surface area contributed by atoms with E-state index < -0.39 is 5.03 Å². The van der Waals surface area contributed by atoms with Crippen molar-refractivity contribution in [1.29, 1.82) is 0 Å². The molecule has 2 heterocycles. The minimum Gasteiger partial charge on any atom is -0.381 e. The molecule has 2 aliphatic heterocycles. The van der Waals surface area contributed by atoms with Gasteiger partial charge in [0.15, 0.2) is 5.03 Å². The number of hydrogen-bond acceptors (Lipinski definition) is 5. The summed E-state index contributed by atoms with van der Waals surface area (Å²) in [6, 6.07) is 0. The van der Waals surface area contributed by atoms with Crippen molar-refractivity contribution in [2.45, 2.75) is 6.42 Å². The fraction of sp³-hybridized carbons (Fsp3) is 0.909. The molecule has 0 aliphatic carbocycles. The van der Waals surface area contributed by atoms with Gasteiger partial charge in [0.25, 0.3) is 0 Å². The summed E-state index contributed by atoms with van der Waals surface area (Å²) in [6.07, 6.45) is 2.98. The third-order valence-electron chi connectivity index (χ3n) is 3.53. The van der Waals surface area contributed by atoms with Gasteiger partial charge in [-0.3, -0.25) is 4.90 Å². The first-order valence-corrected chi connectivity index (χ1v) is 7.73. The fourth-order valence-electron chi connectivity index (χ4n) is 2.52. The van der Waals surface area contributed by atoms with Crippen LogP contribution in [0.15, 0.2) is 5.10 Å². The SMILES string of the molecule is CSC(=N[N+](=O)[O-])N1CCN(CC2CCOC2)CC1. The molecule has 2 aliphatic rings. The Morgan fingerprint density at radius 1 is 1.47 bits per heavy atom. The maximum absolute atomic E-state index is 10.5. The van der Waals surface area contributed by atoms with E-state index in [0.29, 0.717) is 11.1 Å². The molecule has 19 heavy (non-hydrogen) atoms. The lowest BCUT2D eigenvalue weighted by Gasteiger charge is -2.35. The fourth-order valence-corrected chi connectivity index (χ4v) is 3.11. The van der Waals surface area contributed by atoms with Crippen LogP contribution < -0.4 is 0 Å². The van der Waals surface area contributed by atoms with Crippen molar-refractivity contribution in [1.82, 2.24) is 9.80 Å². The molecular weight excluding hydrogens is 268 g/mol. The molecule has 108 valence electrons. The van der Waals surface area contributed by atoms with Gasteiger partial charge in [0, 0.05) is 39.3 Å². The number of amidine groups is 1. The maximum atomic E-state index is 10.5. The highest BCUT2D eigenvalue weighted by Crippen LogP contribution is 2.16. The molecule has 0 aromatic rings. The summed E-state index contributed by atoms with van der Waals surface area (Å²) in [6.45, 7) is 6.33. The van der Waals surface area contributed by atoms with E-state index in [1.807, 2.05) is 11.2 Å². The van der Waals surface area contributed by atoms with E-state index in [-0.39, 0.29) is 0 Å². The van der Waals surface area contributed by atoms with Gasteiger partial charge in [-0.1, -0.05) is 11.8 Å². The van der Waals surface area contributed by atoms with Gasteiger partial charge in [-0.15, -0.1) is 0 Å². The summed E-state index contributed by atoms with van der Waals surface area (Å²) in [5.74, 6) is 0.652. The van der Waals surface area contributed by atoms with Crippen molar-refractivity contribution in [3.63, 3.8) is 0 Å². The summed E-state index contributed by atoms with van der Waals surface area (Å²) >= 11 is 1.33. The van der Waals surface area contributed by atoms with Gasteiger partial charge in [-0.25, -0.2) is 10.1 Å². The lowest BCUT2D eigenvalue weighted by molar-refractivity contribution is -0.485. The standard InChI is InChI=1S/C11H20N4O3S/c1-19-11(12-15(16)17)14-5-3-13(4-6-14)8-10-2-7-18-9-10/h10H,2-9H2,1H3. The Hall–Kier alpha value is -0.860. The first-order valence-electron chi connectivity index (χ1n) is 6.51. The lowest BCUT2D eigenvalue weighted by atomic mass is 10.1. The predicted octanol–water partition coefficient (Wildman–Crippen LogP) is 0.551. The Bertz CT molecular complexity index is 339. The monoisotopic (exact) mass is 288 g/mol. The van der Waals surface area contributed by atoms with Crippen LogP contribution in [0.3, 0.4) is 0 Å². The van der Waals surface area contributed by atoms with Crippen LogP contribution in [0, 0.1) is 16.0 Å². The molecule has 1 atom stereocenters. The topological polar surface area (TPSA) is 71.2 Å². The molecule has 0 radical (unpaired) electrons. The molecular formula is C11H20N4O3S. The molecule has 0 saturated carbocycles. The highest BCUT2D eigenvalue weighted by atomic mass is 32.2. The van der Waals surface area contributed by atoms with Crippen molar-refractivity contribution in [2.75, 3.05) is 52.2 Å². The first-order chi connectivity index (χ1) is 9.19. The van der Waals surface area contributed by atoms with Crippen LogP contribution in [0.2, 0.25) is 0 Å². The lowest BCUT2D eigenvalue weighted by Crippen LogP contribution is -2.49. The van der Waals surface area contributed by atoms with E-state index in [1.165, 1.54) is 11.8 Å².